The third-order valence-electron chi connectivity index (χ3n) is 4.67. The van der Waals surface area contributed by atoms with E-state index in [0.717, 1.165) is 16.0 Å². The fourth-order valence-electron chi connectivity index (χ4n) is 3.10. The minimum absolute atomic E-state index is 0.0163. The SMILES string of the molecule is CSCCn1c(=NC(=O)c2ccc(Oc3ccccc3)cc2)sc2cc([N+](=O)[O-])ccc21. The highest BCUT2D eigenvalue weighted by molar-refractivity contribution is 7.98. The fraction of sp³-hybridized carbons (Fsp3) is 0.130. The molecule has 0 unspecified atom stereocenters. The summed E-state index contributed by atoms with van der Waals surface area (Å²) in [7, 11) is 0. The highest BCUT2D eigenvalue weighted by Crippen LogP contribution is 2.24. The predicted octanol–water partition coefficient (Wildman–Crippen LogP) is 5.51. The number of benzene rings is 3. The standard InChI is InChI=1S/C23H19N3O4S2/c1-31-14-13-25-20-12-9-17(26(28)29)15-21(20)32-23(25)24-22(27)16-7-10-19(11-8-16)30-18-5-3-2-4-6-18/h2-12,15H,13-14H2,1H3. The number of hydrogen-bond donors (Lipinski definition) is 0. The van der Waals surface area contributed by atoms with Gasteiger partial charge in [0.05, 0.1) is 15.1 Å². The van der Waals surface area contributed by atoms with Crippen LogP contribution in [0.15, 0.2) is 77.8 Å². The molecule has 7 nitrogen and oxygen atoms in total. The number of nitro groups is 1. The van der Waals surface area contributed by atoms with Crippen molar-refractivity contribution in [2.24, 2.45) is 4.99 Å². The number of carbonyl (C=O) groups excluding carboxylic acids is 1. The molecule has 3 aromatic carbocycles. The summed E-state index contributed by atoms with van der Waals surface area (Å²) < 4.78 is 8.42. The Morgan fingerprint density at radius 1 is 1.09 bits per heavy atom. The first kappa shape index (κ1) is 21.8. The molecule has 162 valence electrons. The first-order valence-electron chi connectivity index (χ1n) is 9.74. The summed E-state index contributed by atoms with van der Waals surface area (Å²) in [6, 6.07) is 20.9. The van der Waals surface area contributed by atoms with E-state index in [0.29, 0.717) is 28.4 Å². The van der Waals surface area contributed by atoms with E-state index in [4.69, 9.17) is 4.74 Å². The maximum Gasteiger partial charge on any atom is 0.279 e. The number of fused-ring (bicyclic) bond motifs is 1. The van der Waals surface area contributed by atoms with Crippen molar-refractivity contribution in [3.05, 3.63) is 93.3 Å². The number of hydrogen-bond acceptors (Lipinski definition) is 6. The van der Waals surface area contributed by atoms with E-state index < -0.39 is 4.92 Å². The van der Waals surface area contributed by atoms with Crippen LogP contribution in [-0.4, -0.2) is 27.4 Å². The summed E-state index contributed by atoms with van der Waals surface area (Å²) in [4.78, 5) is 28.4. The van der Waals surface area contributed by atoms with Crippen molar-refractivity contribution in [3.63, 3.8) is 0 Å². The Hall–Kier alpha value is -3.43. The van der Waals surface area contributed by atoms with Crippen molar-refractivity contribution in [1.29, 1.82) is 0 Å². The van der Waals surface area contributed by atoms with E-state index in [2.05, 4.69) is 4.99 Å². The predicted molar refractivity (Wildman–Crippen MR) is 128 cm³/mol. The molecule has 0 bridgehead atoms. The first-order valence-corrected chi connectivity index (χ1v) is 11.9. The third-order valence-corrected chi connectivity index (χ3v) is 6.31. The van der Waals surface area contributed by atoms with Crippen molar-refractivity contribution < 1.29 is 14.5 Å². The largest absolute Gasteiger partial charge is 0.457 e. The average molecular weight is 466 g/mol. The van der Waals surface area contributed by atoms with Gasteiger partial charge in [-0.3, -0.25) is 14.9 Å². The van der Waals surface area contributed by atoms with Crippen LogP contribution < -0.4 is 9.54 Å². The van der Waals surface area contributed by atoms with Crippen LogP contribution in [0.1, 0.15) is 10.4 Å². The molecular formula is C23H19N3O4S2. The summed E-state index contributed by atoms with van der Waals surface area (Å²) >= 11 is 2.95. The maximum absolute atomic E-state index is 12.8. The maximum atomic E-state index is 12.8. The van der Waals surface area contributed by atoms with Crippen LogP contribution in [-0.2, 0) is 6.54 Å². The number of thioether (sulfide) groups is 1. The zero-order valence-electron chi connectivity index (χ0n) is 17.1. The minimum atomic E-state index is -0.424. The van der Waals surface area contributed by atoms with E-state index in [1.54, 1.807) is 42.1 Å². The van der Waals surface area contributed by atoms with Crippen LogP contribution >= 0.6 is 23.1 Å². The lowest BCUT2D eigenvalue weighted by Crippen LogP contribution is -2.18. The molecule has 0 atom stereocenters. The number of amides is 1. The molecule has 0 spiro atoms. The third kappa shape index (κ3) is 4.90. The van der Waals surface area contributed by atoms with Crippen LogP contribution in [0.2, 0.25) is 0 Å². The Labute approximate surface area is 192 Å². The Morgan fingerprint density at radius 2 is 1.81 bits per heavy atom. The van der Waals surface area contributed by atoms with E-state index in [9.17, 15) is 14.9 Å². The van der Waals surface area contributed by atoms with Crippen LogP contribution in [0.3, 0.4) is 0 Å². The molecule has 0 radical (unpaired) electrons. The molecule has 9 heteroatoms. The van der Waals surface area contributed by atoms with Gasteiger partial charge < -0.3 is 9.30 Å². The van der Waals surface area contributed by atoms with Crippen molar-refractivity contribution in [2.75, 3.05) is 12.0 Å². The number of nitrogens with zero attached hydrogens (tertiary/aromatic N) is 3. The molecule has 1 heterocycles. The number of carbonyl (C=O) groups is 1. The van der Waals surface area contributed by atoms with Crippen molar-refractivity contribution >= 4 is 44.9 Å². The second-order valence-corrected chi connectivity index (χ2v) is 8.79. The monoisotopic (exact) mass is 465 g/mol. The number of aromatic nitrogens is 1. The fourth-order valence-corrected chi connectivity index (χ4v) is 4.55. The normalized spacial score (nSPS) is 11.6. The van der Waals surface area contributed by atoms with Gasteiger partial charge in [-0.15, -0.1) is 0 Å². The van der Waals surface area contributed by atoms with Crippen LogP contribution in [0, 0.1) is 10.1 Å². The Bertz CT molecular complexity index is 1330. The second kappa shape index (κ2) is 9.80. The summed E-state index contributed by atoms with van der Waals surface area (Å²) in [5.74, 6) is 1.79. The molecular weight excluding hydrogens is 446 g/mol. The smallest absolute Gasteiger partial charge is 0.279 e. The van der Waals surface area contributed by atoms with E-state index in [-0.39, 0.29) is 11.6 Å². The molecule has 4 aromatic rings. The number of thiazole rings is 1. The van der Waals surface area contributed by atoms with E-state index >= 15 is 0 Å². The molecule has 0 aliphatic heterocycles. The number of nitro benzene ring substituents is 1. The highest BCUT2D eigenvalue weighted by atomic mass is 32.2. The quantitative estimate of drug-likeness (QED) is 0.265. The second-order valence-electron chi connectivity index (χ2n) is 6.79. The van der Waals surface area contributed by atoms with Crippen LogP contribution in [0.25, 0.3) is 10.2 Å². The molecule has 1 amide bonds. The molecule has 4 rings (SSSR count). The molecule has 1 aromatic heterocycles. The average Bonchev–Trinajstić information content (AvgIpc) is 3.14. The van der Waals surface area contributed by atoms with Gasteiger partial charge in [-0.25, -0.2) is 0 Å². The van der Waals surface area contributed by atoms with E-state index in [1.807, 2.05) is 41.2 Å². The number of ether oxygens (including phenoxy) is 1. The molecule has 0 saturated carbocycles. The minimum Gasteiger partial charge on any atom is -0.457 e. The lowest BCUT2D eigenvalue weighted by molar-refractivity contribution is -0.384. The Balaban J connectivity index is 1.65. The zero-order chi connectivity index (χ0) is 22.5. The topological polar surface area (TPSA) is 86.7 Å². The van der Waals surface area contributed by atoms with Gasteiger partial charge >= 0.3 is 0 Å². The van der Waals surface area contributed by atoms with Gasteiger partial charge in [-0.2, -0.15) is 16.8 Å². The number of para-hydroxylation sites is 1. The summed E-state index contributed by atoms with van der Waals surface area (Å²) in [6.07, 6.45) is 2.00. The zero-order valence-corrected chi connectivity index (χ0v) is 18.8. The van der Waals surface area contributed by atoms with Gasteiger partial charge in [0.1, 0.15) is 11.5 Å². The summed E-state index contributed by atoms with van der Waals surface area (Å²) in [6.45, 7) is 0.648. The number of aryl methyl sites for hydroxylation is 1. The molecule has 0 aliphatic rings. The number of rotatable bonds is 7. The molecule has 0 aliphatic carbocycles. The van der Waals surface area contributed by atoms with Crippen LogP contribution in [0.5, 0.6) is 11.5 Å². The lowest BCUT2D eigenvalue weighted by atomic mass is 10.2. The number of non-ortho nitro benzene ring substituents is 1. The first-order chi connectivity index (χ1) is 15.5. The van der Waals surface area contributed by atoms with Gasteiger partial charge in [0.25, 0.3) is 11.6 Å². The van der Waals surface area contributed by atoms with Crippen molar-refractivity contribution in [1.82, 2.24) is 4.57 Å². The Morgan fingerprint density at radius 3 is 2.50 bits per heavy atom. The van der Waals surface area contributed by atoms with Gasteiger partial charge in [0, 0.05) is 30.0 Å². The molecule has 0 saturated heterocycles. The van der Waals surface area contributed by atoms with Gasteiger partial charge in [0.15, 0.2) is 4.80 Å². The van der Waals surface area contributed by atoms with E-state index in [1.165, 1.54) is 23.5 Å². The summed E-state index contributed by atoms with van der Waals surface area (Å²) in [5.41, 5.74) is 1.28. The van der Waals surface area contributed by atoms with Gasteiger partial charge in [-0.05, 0) is 48.7 Å². The van der Waals surface area contributed by atoms with Crippen molar-refractivity contribution in [3.8, 4) is 11.5 Å². The molecule has 32 heavy (non-hydrogen) atoms. The lowest BCUT2D eigenvalue weighted by Gasteiger charge is -2.05. The summed E-state index contributed by atoms with van der Waals surface area (Å²) in [5, 5.41) is 11.1. The van der Waals surface area contributed by atoms with Gasteiger partial charge in [-0.1, -0.05) is 29.5 Å². The van der Waals surface area contributed by atoms with Crippen molar-refractivity contribution in [2.45, 2.75) is 6.54 Å². The Kier molecular flexibility index (Phi) is 6.67. The van der Waals surface area contributed by atoms with Gasteiger partial charge in [0.2, 0.25) is 0 Å². The van der Waals surface area contributed by atoms with Crippen LogP contribution in [0.4, 0.5) is 5.69 Å². The molecule has 0 fully saturated rings. The highest BCUT2D eigenvalue weighted by Gasteiger charge is 2.13. The molecule has 0 N–H and O–H groups in total.